The van der Waals surface area contributed by atoms with Gasteiger partial charge in [0.15, 0.2) is 0 Å². The number of aliphatic hydroxyl groups excluding tert-OH is 1. The minimum Gasteiger partial charge on any atom is -0.390 e. The summed E-state index contributed by atoms with van der Waals surface area (Å²) in [5.41, 5.74) is 1.30. The van der Waals surface area contributed by atoms with E-state index in [1.165, 1.54) is 5.56 Å². The minimum atomic E-state index is -0.262. The molecule has 3 unspecified atom stereocenters. The van der Waals surface area contributed by atoms with E-state index in [4.69, 9.17) is 4.74 Å². The molecule has 94 valence electrons. The first-order valence-corrected chi connectivity index (χ1v) is 6.59. The Kier molecular flexibility index (Phi) is 4.57. The molecule has 17 heavy (non-hydrogen) atoms. The van der Waals surface area contributed by atoms with Crippen LogP contribution in [0.2, 0.25) is 0 Å². The Morgan fingerprint density at radius 2 is 2.00 bits per heavy atom. The fourth-order valence-electron chi connectivity index (χ4n) is 2.46. The van der Waals surface area contributed by atoms with Gasteiger partial charge in [0.1, 0.15) is 0 Å². The zero-order valence-electron chi connectivity index (χ0n) is 10.5. The molecule has 3 atom stereocenters. The smallest absolute Gasteiger partial charge is 0.0836 e. The lowest BCUT2D eigenvalue weighted by molar-refractivity contribution is -0.0684. The zero-order valence-corrected chi connectivity index (χ0v) is 10.5. The van der Waals surface area contributed by atoms with Crippen molar-refractivity contribution in [1.82, 2.24) is 0 Å². The quantitative estimate of drug-likeness (QED) is 0.868. The number of benzene rings is 1. The van der Waals surface area contributed by atoms with Crippen LogP contribution in [0.25, 0.3) is 0 Å². The van der Waals surface area contributed by atoms with Crippen molar-refractivity contribution in [1.29, 1.82) is 0 Å². The molecule has 0 amide bonds. The summed E-state index contributed by atoms with van der Waals surface area (Å²) in [7, 11) is 0. The van der Waals surface area contributed by atoms with Crippen LogP contribution in [0, 0.1) is 5.92 Å². The second-order valence-corrected chi connectivity index (χ2v) is 5.13. The molecule has 1 aliphatic rings. The molecule has 0 heterocycles. The molecule has 1 saturated carbocycles. The Bertz CT molecular complexity index is 323. The predicted molar refractivity (Wildman–Crippen MR) is 68.9 cm³/mol. The first-order valence-electron chi connectivity index (χ1n) is 6.59. The Labute approximate surface area is 104 Å². The minimum absolute atomic E-state index is 0.0439. The van der Waals surface area contributed by atoms with Crippen molar-refractivity contribution >= 4 is 0 Å². The number of aliphatic hydroxyl groups is 1. The highest BCUT2D eigenvalue weighted by atomic mass is 16.5. The zero-order chi connectivity index (χ0) is 12.1. The summed E-state index contributed by atoms with van der Waals surface area (Å²) < 4.78 is 5.82. The molecule has 2 nitrogen and oxygen atoms in total. The van der Waals surface area contributed by atoms with Gasteiger partial charge < -0.3 is 9.84 Å². The third kappa shape index (κ3) is 3.83. The second-order valence-electron chi connectivity index (χ2n) is 5.13. The van der Waals surface area contributed by atoms with Crippen LogP contribution in [-0.2, 0) is 11.2 Å². The van der Waals surface area contributed by atoms with Crippen molar-refractivity contribution in [2.75, 3.05) is 6.61 Å². The number of rotatable bonds is 4. The van der Waals surface area contributed by atoms with Crippen molar-refractivity contribution < 1.29 is 9.84 Å². The van der Waals surface area contributed by atoms with Gasteiger partial charge in [-0.05, 0) is 37.2 Å². The Balaban J connectivity index is 1.74. The van der Waals surface area contributed by atoms with Crippen molar-refractivity contribution in [3.8, 4) is 0 Å². The van der Waals surface area contributed by atoms with Crippen LogP contribution in [0.15, 0.2) is 30.3 Å². The lowest BCUT2D eigenvalue weighted by Crippen LogP contribution is -2.35. The molecule has 2 heteroatoms. The van der Waals surface area contributed by atoms with Gasteiger partial charge in [0.25, 0.3) is 0 Å². The third-order valence-corrected chi connectivity index (χ3v) is 3.58. The van der Waals surface area contributed by atoms with Crippen LogP contribution in [-0.4, -0.2) is 23.9 Å². The van der Waals surface area contributed by atoms with Gasteiger partial charge in [0.05, 0.1) is 18.8 Å². The first-order chi connectivity index (χ1) is 8.25. The van der Waals surface area contributed by atoms with Crippen molar-refractivity contribution in [3.63, 3.8) is 0 Å². The van der Waals surface area contributed by atoms with E-state index < -0.39 is 0 Å². The maximum Gasteiger partial charge on any atom is 0.0836 e. The van der Waals surface area contributed by atoms with Crippen LogP contribution in [0.3, 0.4) is 0 Å². The highest BCUT2D eigenvalue weighted by Gasteiger charge is 2.27. The molecule has 1 aliphatic carbocycles. The number of hydrogen-bond donors (Lipinski definition) is 1. The van der Waals surface area contributed by atoms with Crippen molar-refractivity contribution in [2.45, 2.75) is 44.8 Å². The van der Waals surface area contributed by atoms with E-state index in [0.29, 0.717) is 12.5 Å². The summed E-state index contributed by atoms with van der Waals surface area (Å²) in [6.45, 7) is 2.94. The highest BCUT2D eigenvalue weighted by Crippen LogP contribution is 2.26. The lowest BCUT2D eigenvalue weighted by atomic mass is 9.86. The van der Waals surface area contributed by atoms with E-state index in [2.05, 4.69) is 19.1 Å². The molecule has 0 aliphatic heterocycles. The Morgan fingerprint density at radius 3 is 2.76 bits per heavy atom. The number of hydrogen-bond acceptors (Lipinski definition) is 2. The van der Waals surface area contributed by atoms with Crippen LogP contribution in [0.4, 0.5) is 0 Å². The number of ether oxygens (including phenoxy) is 1. The molecular formula is C15H22O2. The molecule has 0 saturated heterocycles. The maximum absolute atomic E-state index is 9.86. The van der Waals surface area contributed by atoms with Gasteiger partial charge in [-0.2, -0.15) is 0 Å². The SMILES string of the molecule is CC1CCC(O)C(OCCc2ccccc2)C1. The largest absolute Gasteiger partial charge is 0.390 e. The molecule has 0 aromatic heterocycles. The molecule has 0 radical (unpaired) electrons. The second kappa shape index (κ2) is 6.18. The molecular weight excluding hydrogens is 212 g/mol. The summed E-state index contributed by atoms with van der Waals surface area (Å²) >= 11 is 0. The molecule has 1 aromatic rings. The van der Waals surface area contributed by atoms with Gasteiger partial charge in [-0.1, -0.05) is 37.3 Å². The van der Waals surface area contributed by atoms with E-state index in [-0.39, 0.29) is 12.2 Å². The van der Waals surface area contributed by atoms with Gasteiger partial charge in [-0.15, -0.1) is 0 Å². The summed E-state index contributed by atoms with van der Waals surface area (Å²) in [6, 6.07) is 10.4. The van der Waals surface area contributed by atoms with E-state index in [1.807, 2.05) is 18.2 Å². The summed E-state index contributed by atoms with van der Waals surface area (Å²) in [4.78, 5) is 0. The lowest BCUT2D eigenvalue weighted by Gasteiger charge is -2.31. The monoisotopic (exact) mass is 234 g/mol. The Morgan fingerprint density at radius 1 is 1.24 bits per heavy atom. The summed E-state index contributed by atoms with van der Waals surface area (Å²) in [5, 5.41) is 9.86. The van der Waals surface area contributed by atoms with Gasteiger partial charge in [-0.25, -0.2) is 0 Å². The van der Waals surface area contributed by atoms with E-state index in [0.717, 1.165) is 25.7 Å². The first kappa shape index (κ1) is 12.6. The van der Waals surface area contributed by atoms with E-state index >= 15 is 0 Å². The third-order valence-electron chi connectivity index (χ3n) is 3.58. The van der Waals surface area contributed by atoms with Crippen LogP contribution in [0.5, 0.6) is 0 Å². The molecule has 0 spiro atoms. The fraction of sp³-hybridized carbons (Fsp3) is 0.600. The van der Waals surface area contributed by atoms with E-state index in [1.54, 1.807) is 0 Å². The van der Waals surface area contributed by atoms with Gasteiger partial charge in [-0.3, -0.25) is 0 Å². The van der Waals surface area contributed by atoms with Gasteiger partial charge in [0.2, 0.25) is 0 Å². The van der Waals surface area contributed by atoms with Gasteiger partial charge >= 0.3 is 0 Å². The summed E-state index contributed by atoms with van der Waals surface area (Å²) in [6.07, 6.45) is 3.72. The van der Waals surface area contributed by atoms with Crippen molar-refractivity contribution in [3.05, 3.63) is 35.9 Å². The van der Waals surface area contributed by atoms with Crippen LogP contribution >= 0.6 is 0 Å². The van der Waals surface area contributed by atoms with E-state index in [9.17, 15) is 5.11 Å². The summed E-state index contributed by atoms with van der Waals surface area (Å²) in [5.74, 6) is 0.681. The van der Waals surface area contributed by atoms with Crippen LogP contribution < -0.4 is 0 Å². The molecule has 1 N–H and O–H groups in total. The maximum atomic E-state index is 9.86. The predicted octanol–water partition coefficient (Wildman–Crippen LogP) is 2.80. The normalized spacial score (nSPS) is 29.2. The average Bonchev–Trinajstić information content (AvgIpc) is 2.35. The highest BCUT2D eigenvalue weighted by molar-refractivity contribution is 5.14. The Hall–Kier alpha value is -0.860. The molecule has 0 bridgehead atoms. The fourth-order valence-corrected chi connectivity index (χ4v) is 2.46. The van der Waals surface area contributed by atoms with Gasteiger partial charge in [0, 0.05) is 0 Å². The molecule has 1 fully saturated rings. The van der Waals surface area contributed by atoms with Crippen LogP contribution in [0.1, 0.15) is 31.7 Å². The van der Waals surface area contributed by atoms with Crippen molar-refractivity contribution in [2.24, 2.45) is 5.92 Å². The molecule has 1 aromatic carbocycles. The average molecular weight is 234 g/mol. The molecule has 2 rings (SSSR count). The standard InChI is InChI=1S/C15H22O2/c1-12-7-8-14(16)15(11-12)17-10-9-13-5-3-2-4-6-13/h2-6,12,14-16H,7-11H2,1H3. The topological polar surface area (TPSA) is 29.5 Å².